The first-order valence-electron chi connectivity index (χ1n) is 5.55. The van der Waals surface area contributed by atoms with E-state index in [1.807, 2.05) is 0 Å². The van der Waals surface area contributed by atoms with Crippen LogP contribution in [-0.2, 0) is 10.0 Å². The van der Waals surface area contributed by atoms with E-state index in [1.165, 1.54) is 25.1 Å². The molecule has 0 atom stereocenters. The fourth-order valence-electron chi connectivity index (χ4n) is 1.60. The third-order valence-corrected chi connectivity index (χ3v) is 4.23. The number of nitrogen functional groups attached to an aromatic ring is 1. The quantitative estimate of drug-likeness (QED) is 0.507. The largest absolute Gasteiger partial charge is 0.307 e. The van der Waals surface area contributed by atoms with Gasteiger partial charge in [-0.15, -0.1) is 0 Å². The Kier molecular flexibility index (Phi) is 3.60. The highest BCUT2D eigenvalue weighted by Crippen LogP contribution is 2.31. The number of hydrogen-bond acceptors (Lipinski definition) is 5. The summed E-state index contributed by atoms with van der Waals surface area (Å²) in [7, 11) is -3.53. The molecule has 1 fully saturated rings. The van der Waals surface area contributed by atoms with Gasteiger partial charge in [0, 0.05) is 12.7 Å². The van der Waals surface area contributed by atoms with Crippen LogP contribution in [0.1, 0.15) is 19.3 Å². The Hall–Kier alpha value is -1.18. The lowest BCUT2D eigenvalue weighted by Crippen LogP contribution is -2.27. The highest BCUT2D eigenvalue weighted by molar-refractivity contribution is 7.89. The van der Waals surface area contributed by atoms with Crippen molar-refractivity contribution in [2.45, 2.75) is 24.2 Å². The maximum atomic E-state index is 12.0. The van der Waals surface area contributed by atoms with Crippen molar-refractivity contribution in [3.8, 4) is 0 Å². The summed E-state index contributed by atoms with van der Waals surface area (Å²) in [5.74, 6) is 6.08. The first-order valence-corrected chi connectivity index (χ1v) is 7.03. The molecule has 0 aliphatic heterocycles. The van der Waals surface area contributed by atoms with Gasteiger partial charge in [0.2, 0.25) is 10.0 Å². The number of hydrogen-bond donors (Lipinski definition) is 3. The fraction of sp³-hybridized carbons (Fsp3) is 0.500. The van der Waals surface area contributed by atoms with Crippen molar-refractivity contribution in [3.63, 3.8) is 0 Å². The molecule has 17 heavy (non-hydrogen) atoms. The zero-order chi connectivity index (χ0) is 12.3. The summed E-state index contributed by atoms with van der Waals surface area (Å²) < 4.78 is 26.5. The molecule has 2 rings (SSSR count). The minimum absolute atomic E-state index is 0.0818. The van der Waals surface area contributed by atoms with Gasteiger partial charge >= 0.3 is 0 Å². The molecule has 1 aliphatic rings. The van der Waals surface area contributed by atoms with Gasteiger partial charge in [-0.05, 0) is 24.5 Å². The summed E-state index contributed by atoms with van der Waals surface area (Å²) in [6.07, 6.45) is 4.80. The third-order valence-electron chi connectivity index (χ3n) is 2.74. The van der Waals surface area contributed by atoms with Crippen LogP contribution in [0.3, 0.4) is 0 Å². The van der Waals surface area contributed by atoms with Gasteiger partial charge < -0.3 is 5.43 Å². The number of anilines is 1. The van der Waals surface area contributed by atoms with E-state index in [2.05, 4.69) is 15.1 Å². The molecule has 0 amide bonds. The molecule has 1 saturated carbocycles. The van der Waals surface area contributed by atoms with Crippen molar-refractivity contribution < 1.29 is 8.42 Å². The highest BCUT2D eigenvalue weighted by atomic mass is 32.2. The molecule has 1 heterocycles. The van der Waals surface area contributed by atoms with Gasteiger partial charge in [0.25, 0.3) is 0 Å². The van der Waals surface area contributed by atoms with Crippen LogP contribution in [0, 0.1) is 5.92 Å². The van der Waals surface area contributed by atoms with Crippen LogP contribution in [-0.4, -0.2) is 19.9 Å². The first-order chi connectivity index (χ1) is 8.13. The Morgan fingerprint density at radius 2 is 2.24 bits per heavy atom. The minimum atomic E-state index is -3.53. The smallest absolute Gasteiger partial charge is 0.244 e. The summed E-state index contributed by atoms with van der Waals surface area (Å²) in [6, 6.07) is 3.04. The summed E-state index contributed by atoms with van der Waals surface area (Å²) in [5, 5.41) is 0. The average molecular weight is 256 g/mol. The maximum Gasteiger partial charge on any atom is 0.244 e. The Labute approximate surface area is 101 Å². The summed E-state index contributed by atoms with van der Waals surface area (Å²) >= 11 is 0. The van der Waals surface area contributed by atoms with E-state index in [0.717, 1.165) is 6.42 Å². The van der Waals surface area contributed by atoms with Gasteiger partial charge in [-0.1, -0.05) is 12.8 Å². The second-order valence-electron chi connectivity index (χ2n) is 4.12. The average Bonchev–Trinajstić information content (AvgIpc) is 3.13. The van der Waals surface area contributed by atoms with Gasteiger partial charge in [0.15, 0.2) is 5.82 Å². The molecular formula is C10H16N4O2S. The number of nitrogens with one attached hydrogen (secondary N) is 2. The Balaban J connectivity index is 2.06. The van der Waals surface area contributed by atoms with Gasteiger partial charge in [-0.3, -0.25) is 0 Å². The van der Waals surface area contributed by atoms with Crippen molar-refractivity contribution in [2.24, 2.45) is 11.8 Å². The Bertz CT molecular complexity index is 485. The molecule has 0 bridgehead atoms. The number of pyridine rings is 1. The molecule has 4 N–H and O–H groups in total. The van der Waals surface area contributed by atoms with Gasteiger partial charge in [-0.2, -0.15) is 0 Å². The molecule has 7 heteroatoms. The Morgan fingerprint density at radius 1 is 1.47 bits per heavy atom. The van der Waals surface area contributed by atoms with E-state index in [-0.39, 0.29) is 10.7 Å². The van der Waals surface area contributed by atoms with E-state index in [9.17, 15) is 8.42 Å². The zero-order valence-corrected chi connectivity index (χ0v) is 10.2. The number of aromatic nitrogens is 1. The van der Waals surface area contributed by atoms with Crippen LogP contribution in [0.5, 0.6) is 0 Å². The van der Waals surface area contributed by atoms with Crippen LogP contribution >= 0.6 is 0 Å². The number of sulfonamides is 1. The van der Waals surface area contributed by atoms with Crippen LogP contribution < -0.4 is 16.0 Å². The molecule has 1 aliphatic carbocycles. The summed E-state index contributed by atoms with van der Waals surface area (Å²) in [5.41, 5.74) is 2.28. The number of rotatable bonds is 6. The van der Waals surface area contributed by atoms with Crippen molar-refractivity contribution in [2.75, 3.05) is 12.0 Å². The van der Waals surface area contributed by atoms with Crippen LogP contribution in [0.15, 0.2) is 23.2 Å². The van der Waals surface area contributed by atoms with E-state index in [4.69, 9.17) is 5.84 Å². The number of nitrogens with two attached hydrogens (primary N) is 1. The van der Waals surface area contributed by atoms with Crippen LogP contribution in [0.25, 0.3) is 0 Å². The lowest BCUT2D eigenvalue weighted by atomic mass is 10.3. The molecule has 6 nitrogen and oxygen atoms in total. The molecule has 1 aromatic rings. The maximum absolute atomic E-state index is 12.0. The van der Waals surface area contributed by atoms with Gasteiger partial charge in [0.05, 0.1) is 0 Å². The predicted molar refractivity (Wildman–Crippen MR) is 64.6 cm³/mol. The normalized spacial score (nSPS) is 15.8. The van der Waals surface area contributed by atoms with Crippen molar-refractivity contribution in [3.05, 3.63) is 18.3 Å². The molecule has 0 spiro atoms. The monoisotopic (exact) mass is 256 g/mol. The van der Waals surface area contributed by atoms with E-state index in [0.29, 0.717) is 12.5 Å². The van der Waals surface area contributed by atoms with E-state index < -0.39 is 10.0 Å². The second-order valence-corrected chi connectivity index (χ2v) is 5.86. The standard InChI is InChI=1S/C10H16N4O2S/c11-14-10-9(2-1-6-12-10)17(15,16)13-7-5-8-3-4-8/h1-2,6,8,13H,3-5,7,11H2,(H,12,14). The molecule has 0 radical (unpaired) electrons. The van der Waals surface area contributed by atoms with E-state index >= 15 is 0 Å². The summed E-state index contributed by atoms with van der Waals surface area (Å²) in [4.78, 5) is 3.95. The molecule has 94 valence electrons. The second kappa shape index (κ2) is 4.99. The molecule has 0 saturated heterocycles. The third kappa shape index (κ3) is 3.15. The lowest BCUT2D eigenvalue weighted by Gasteiger charge is -2.09. The molecular weight excluding hydrogens is 240 g/mol. The van der Waals surface area contributed by atoms with E-state index in [1.54, 1.807) is 6.07 Å². The zero-order valence-electron chi connectivity index (χ0n) is 9.39. The number of nitrogens with zero attached hydrogens (tertiary/aromatic N) is 1. The number of hydrazine groups is 1. The van der Waals surface area contributed by atoms with Crippen molar-refractivity contribution in [1.82, 2.24) is 9.71 Å². The van der Waals surface area contributed by atoms with Crippen LogP contribution in [0.2, 0.25) is 0 Å². The Morgan fingerprint density at radius 3 is 2.88 bits per heavy atom. The highest BCUT2D eigenvalue weighted by Gasteiger charge is 2.23. The molecule has 0 aromatic carbocycles. The molecule has 0 unspecified atom stereocenters. The predicted octanol–water partition coefficient (Wildman–Crippen LogP) is 0.446. The fourth-order valence-corrected chi connectivity index (χ4v) is 2.76. The lowest BCUT2D eigenvalue weighted by molar-refractivity contribution is 0.575. The summed E-state index contributed by atoms with van der Waals surface area (Å²) in [6.45, 7) is 0.464. The topological polar surface area (TPSA) is 97.1 Å². The minimum Gasteiger partial charge on any atom is -0.307 e. The van der Waals surface area contributed by atoms with Gasteiger partial charge in [-0.25, -0.2) is 24.0 Å². The first kappa shape index (κ1) is 12.3. The van der Waals surface area contributed by atoms with Crippen LogP contribution in [0.4, 0.5) is 5.82 Å². The SMILES string of the molecule is NNc1ncccc1S(=O)(=O)NCCC1CC1. The van der Waals surface area contributed by atoms with Gasteiger partial charge in [0.1, 0.15) is 4.90 Å². The van der Waals surface area contributed by atoms with Crippen molar-refractivity contribution in [1.29, 1.82) is 0 Å². The molecule has 1 aromatic heterocycles. The van der Waals surface area contributed by atoms with Crippen molar-refractivity contribution >= 4 is 15.8 Å².